The predicted octanol–water partition coefficient (Wildman–Crippen LogP) is 4.10. The second-order valence-electron chi connectivity index (χ2n) is 7.06. The smallest absolute Gasteiger partial charge is 0.263 e. The lowest BCUT2D eigenvalue weighted by Crippen LogP contribution is -2.28. The van der Waals surface area contributed by atoms with Crippen molar-refractivity contribution in [1.82, 2.24) is 9.55 Å². The third-order valence-corrected chi connectivity index (χ3v) is 6.59. The molecule has 0 aliphatic heterocycles. The highest BCUT2D eigenvalue weighted by Gasteiger charge is 2.16. The molecule has 3 heterocycles. The van der Waals surface area contributed by atoms with Gasteiger partial charge in [-0.25, -0.2) is 4.98 Å². The molecule has 0 aliphatic carbocycles. The Balaban J connectivity index is 1.61. The monoisotopic (exact) mass is 468 g/mol. The van der Waals surface area contributed by atoms with Crippen LogP contribution in [0.25, 0.3) is 20.7 Å². The molecule has 8 nitrogen and oxygen atoms in total. The van der Waals surface area contributed by atoms with E-state index in [1.807, 2.05) is 24.4 Å². The summed E-state index contributed by atoms with van der Waals surface area (Å²) in [7, 11) is 1.48. The molecule has 0 aliphatic rings. The molecule has 32 heavy (non-hydrogen) atoms. The number of hydrogen-bond acceptors (Lipinski definition) is 7. The summed E-state index contributed by atoms with van der Waals surface area (Å²) in [6.45, 7) is 3.20. The highest BCUT2D eigenvalue weighted by Crippen LogP contribution is 2.35. The molecule has 0 radical (unpaired) electrons. The van der Waals surface area contributed by atoms with Gasteiger partial charge in [-0.05, 0) is 37.3 Å². The number of amides is 2. The van der Waals surface area contributed by atoms with Crippen LogP contribution in [0.15, 0.2) is 46.8 Å². The van der Waals surface area contributed by atoms with Crippen LogP contribution in [0.4, 0.5) is 11.4 Å². The van der Waals surface area contributed by atoms with E-state index in [1.54, 1.807) is 29.5 Å². The van der Waals surface area contributed by atoms with Crippen molar-refractivity contribution in [3.05, 3.63) is 57.3 Å². The first-order valence-electron chi connectivity index (χ1n) is 9.64. The van der Waals surface area contributed by atoms with Crippen molar-refractivity contribution in [1.29, 1.82) is 0 Å². The number of benzene rings is 1. The number of anilines is 2. The van der Waals surface area contributed by atoms with E-state index < -0.39 is 5.91 Å². The normalized spacial score (nSPS) is 10.8. The second kappa shape index (κ2) is 8.93. The van der Waals surface area contributed by atoms with Gasteiger partial charge in [-0.2, -0.15) is 0 Å². The maximum absolute atomic E-state index is 13.2. The lowest BCUT2D eigenvalue weighted by Gasteiger charge is -2.13. The van der Waals surface area contributed by atoms with Crippen molar-refractivity contribution in [3.8, 4) is 16.2 Å². The molecule has 0 atom stereocenters. The van der Waals surface area contributed by atoms with Crippen molar-refractivity contribution in [2.75, 3.05) is 17.7 Å². The van der Waals surface area contributed by atoms with Gasteiger partial charge in [-0.15, -0.1) is 22.7 Å². The van der Waals surface area contributed by atoms with Crippen LogP contribution in [0.5, 0.6) is 5.75 Å². The van der Waals surface area contributed by atoms with E-state index in [2.05, 4.69) is 15.6 Å². The number of rotatable bonds is 6. The second-order valence-corrected chi connectivity index (χ2v) is 9.21. The van der Waals surface area contributed by atoms with Crippen LogP contribution in [0.1, 0.15) is 11.8 Å². The number of nitrogens with one attached hydrogen (secondary N) is 2. The van der Waals surface area contributed by atoms with Gasteiger partial charge >= 0.3 is 0 Å². The van der Waals surface area contributed by atoms with E-state index in [-0.39, 0.29) is 18.0 Å². The molecular weight excluding hydrogens is 448 g/mol. The van der Waals surface area contributed by atoms with Crippen LogP contribution < -0.4 is 20.9 Å². The number of hydrogen-bond donors (Lipinski definition) is 2. The number of fused-ring (bicyclic) bond motifs is 1. The molecule has 3 aromatic heterocycles. The number of carbonyl (C=O) groups is 2. The first kappa shape index (κ1) is 21.7. The van der Waals surface area contributed by atoms with Crippen LogP contribution in [-0.4, -0.2) is 28.5 Å². The summed E-state index contributed by atoms with van der Waals surface area (Å²) in [5, 5.41) is 7.84. The largest absolute Gasteiger partial charge is 0.495 e. The molecule has 2 N–H and O–H groups in total. The SMILES string of the molecule is COc1ccc(NC(C)=O)cc1NC(=O)Cn1cnc2scc(-c3ccc(C)s3)c2c1=O. The van der Waals surface area contributed by atoms with Gasteiger partial charge in [0.05, 0.1) is 24.5 Å². The van der Waals surface area contributed by atoms with E-state index in [9.17, 15) is 14.4 Å². The number of thiophene rings is 2. The van der Waals surface area contributed by atoms with Crippen LogP contribution in [-0.2, 0) is 16.1 Å². The van der Waals surface area contributed by atoms with Crippen LogP contribution in [0.3, 0.4) is 0 Å². The predicted molar refractivity (Wildman–Crippen MR) is 128 cm³/mol. The Morgan fingerprint density at radius 2 is 2.00 bits per heavy atom. The summed E-state index contributed by atoms with van der Waals surface area (Å²) < 4.78 is 6.58. The minimum absolute atomic E-state index is 0.214. The van der Waals surface area contributed by atoms with Gasteiger partial charge in [0.15, 0.2) is 0 Å². The Kier molecular flexibility index (Phi) is 6.06. The molecule has 1 aromatic carbocycles. The van der Waals surface area contributed by atoms with E-state index in [4.69, 9.17) is 4.74 Å². The average molecular weight is 469 g/mol. The van der Waals surface area contributed by atoms with Crippen molar-refractivity contribution in [2.24, 2.45) is 0 Å². The van der Waals surface area contributed by atoms with Crippen molar-refractivity contribution in [2.45, 2.75) is 20.4 Å². The number of carbonyl (C=O) groups excluding carboxylic acids is 2. The minimum atomic E-state index is -0.421. The van der Waals surface area contributed by atoms with Gasteiger partial charge in [0.25, 0.3) is 5.56 Å². The Labute approximate surface area is 191 Å². The number of ether oxygens (including phenoxy) is 1. The standard InChI is InChI=1S/C22H20N4O4S2/c1-12-4-7-18(32-12)15-10-31-21-20(15)22(29)26(11-23-21)9-19(28)25-16-8-14(24-13(2)27)5-6-17(16)30-3/h4-8,10-11H,9H2,1-3H3,(H,24,27)(H,25,28). The summed E-state index contributed by atoms with van der Waals surface area (Å²) in [6, 6.07) is 8.90. The number of aryl methyl sites for hydroxylation is 1. The van der Waals surface area contributed by atoms with Gasteiger partial charge in [0.1, 0.15) is 17.1 Å². The Morgan fingerprint density at radius 1 is 1.19 bits per heavy atom. The maximum atomic E-state index is 13.2. The summed E-state index contributed by atoms with van der Waals surface area (Å²) >= 11 is 3.01. The molecule has 0 fully saturated rings. The lowest BCUT2D eigenvalue weighted by molar-refractivity contribution is -0.117. The highest BCUT2D eigenvalue weighted by molar-refractivity contribution is 7.19. The molecule has 2 amide bonds. The maximum Gasteiger partial charge on any atom is 0.263 e. The summed E-state index contributed by atoms with van der Waals surface area (Å²) in [5.74, 6) is -0.220. The summed E-state index contributed by atoms with van der Waals surface area (Å²) in [5.41, 5.74) is 1.46. The zero-order valence-electron chi connectivity index (χ0n) is 17.6. The van der Waals surface area contributed by atoms with Crippen LogP contribution in [0, 0.1) is 6.92 Å². The first-order valence-corrected chi connectivity index (χ1v) is 11.3. The third kappa shape index (κ3) is 4.41. The Bertz CT molecular complexity index is 1390. The molecule has 4 rings (SSSR count). The van der Waals surface area contributed by atoms with Gasteiger partial charge in [-0.3, -0.25) is 19.0 Å². The number of aromatic nitrogens is 2. The van der Waals surface area contributed by atoms with Gasteiger partial charge in [0, 0.05) is 33.3 Å². The Morgan fingerprint density at radius 3 is 2.69 bits per heavy atom. The van der Waals surface area contributed by atoms with Gasteiger partial charge in [0.2, 0.25) is 11.8 Å². The molecule has 0 unspecified atom stereocenters. The lowest BCUT2D eigenvalue weighted by atomic mass is 10.2. The molecule has 164 valence electrons. The molecule has 0 saturated heterocycles. The molecule has 0 spiro atoms. The molecular formula is C22H20N4O4S2. The summed E-state index contributed by atoms with van der Waals surface area (Å²) in [6.07, 6.45) is 1.38. The fourth-order valence-corrected chi connectivity index (χ4v) is 5.13. The average Bonchev–Trinajstić information content (AvgIpc) is 3.36. The van der Waals surface area contributed by atoms with E-state index in [1.165, 1.54) is 36.3 Å². The number of methoxy groups -OCH3 is 1. The first-order chi connectivity index (χ1) is 15.4. The van der Waals surface area contributed by atoms with Crippen molar-refractivity contribution in [3.63, 3.8) is 0 Å². The van der Waals surface area contributed by atoms with Crippen LogP contribution >= 0.6 is 22.7 Å². The van der Waals surface area contributed by atoms with E-state index >= 15 is 0 Å². The summed E-state index contributed by atoms with van der Waals surface area (Å²) in [4.78, 5) is 44.4. The zero-order valence-corrected chi connectivity index (χ0v) is 19.2. The quantitative estimate of drug-likeness (QED) is 0.444. The van der Waals surface area contributed by atoms with Gasteiger partial charge in [-0.1, -0.05) is 0 Å². The fourth-order valence-electron chi connectivity index (χ4n) is 3.27. The highest BCUT2D eigenvalue weighted by atomic mass is 32.1. The molecule has 0 saturated carbocycles. The molecule has 0 bridgehead atoms. The number of nitrogens with zero attached hydrogens (tertiary/aromatic N) is 2. The minimum Gasteiger partial charge on any atom is -0.495 e. The van der Waals surface area contributed by atoms with Crippen molar-refractivity contribution >= 4 is 56.1 Å². The van der Waals surface area contributed by atoms with Crippen molar-refractivity contribution < 1.29 is 14.3 Å². The zero-order chi connectivity index (χ0) is 22.8. The van der Waals surface area contributed by atoms with E-state index in [0.29, 0.717) is 27.3 Å². The third-order valence-electron chi connectivity index (χ3n) is 4.67. The molecule has 4 aromatic rings. The Hall–Kier alpha value is -3.50. The van der Waals surface area contributed by atoms with Crippen LogP contribution in [0.2, 0.25) is 0 Å². The molecule has 10 heteroatoms. The van der Waals surface area contributed by atoms with E-state index in [0.717, 1.165) is 15.3 Å². The topological polar surface area (TPSA) is 102 Å². The van der Waals surface area contributed by atoms with Gasteiger partial charge < -0.3 is 15.4 Å². The fraction of sp³-hybridized carbons (Fsp3) is 0.182.